The van der Waals surface area contributed by atoms with Gasteiger partial charge >= 0.3 is 7.12 Å². The fraction of sp³-hybridized carbons (Fsp3) is 1.00. The first-order valence-electron chi connectivity index (χ1n) is 4.30. The van der Waals surface area contributed by atoms with Crippen molar-refractivity contribution in [2.45, 2.75) is 51.8 Å². The molecule has 1 unspecified atom stereocenters. The summed E-state index contributed by atoms with van der Waals surface area (Å²) in [6, 6.07) is -0.578. The third kappa shape index (κ3) is 1.51. The molecule has 1 saturated heterocycles. The number of aliphatic hydroxyl groups excluding tert-OH is 1. The van der Waals surface area contributed by atoms with Gasteiger partial charge in [-0.05, 0) is 34.6 Å². The van der Waals surface area contributed by atoms with Crippen LogP contribution in [-0.2, 0) is 9.31 Å². The van der Waals surface area contributed by atoms with E-state index in [2.05, 4.69) is 0 Å². The summed E-state index contributed by atoms with van der Waals surface area (Å²) in [6.07, 6.45) is 0. The Morgan fingerprint density at radius 1 is 1.08 bits per heavy atom. The Hall–Kier alpha value is -0.0551. The monoisotopic (exact) mass is 172 g/mol. The maximum absolute atomic E-state index is 9.27. The van der Waals surface area contributed by atoms with Gasteiger partial charge in [-0.25, -0.2) is 0 Å². The zero-order chi connectivity index (χ0) is 9.57. The zero-order valence-corrected chi connectivity index (χ0v) is 8.42. The lowest BCUT2D eigenvalue weighted by Gasteiger charge is -2.32. The number of hydrogen-bond acceptors (Lipinski definition) is 3. The Morgan fingerprint density at radius 2 is 1.42 bits per heavy atom. The van der Waals surface area contributed by atoms with Crippen molar-refractivity contribution in [1.29, 1.82) is 0 Å². The second-order valence-electron chi connectivity index (χ2n) is 4.37. The Bertz CT molecular complexity index is 161. The van der Waals surface area contributed by atoms with Crippen LogP contribution in [-0.4, -0.2) is 29.4 Å². The molecule has 0 aromatic carbocycles. The fourth-order valence-corrected chi connectivity index (χ4v) is 1.09. The Morgan fingerprint density at radius 3 is 1.58 bits per heavy atom. The van der Waals surface area contributed by atoms with Crippen molar-refractivity contribution in [3.63, 3.8) is 0 Å². The van der Waals surface area contributed by atoms with E-state index < -0.39 is 13.1 Å². The summed E-state index contributed by atoms with van der Waals surface area (Å²) in [5, 5.41) is 9.27. The molecule has 4 heteroatoms. The summed E-state index contributed by atoms with van der Waals surface area (Å²) in [5.74, 6) is 0. The normalized spacial score (nSPS) is 29.0. The largest absolute Gasteiger partial charge is 0.488 e. The predicted molar refractivity (Wildman–Crippen MR) is 47.8 cm³/mol. The Labute approximate surface area is 74.2 Å². The quantitative estimate of drug-likeness (QED) is 0.599. The third-order valence-electron chi connectivity index (χ3n) is 2.67. The van der Waals surface area contributed by atoms with E-state index in [-0.39, 0.29) is 11.2 Å². The van der Waals surface area contributed by atoms with Crippen LogP contribution in [0.15, 0.2) is 0 Å². The van der Waals surface area contributed by atoms with E-state index in [0.29, 0.717) is 0 Å². The zero-order valence-electron chi connectivity index (χ0n) is 8.42. The summed E-state index contributed by atoms with van der Waals surface area (Å²) in [7, 11) is -0.491. The molecule has 1 aliphatic heterocycles. The molecule has 0 bridgehead atoms. The SMILES string of the molecule is CC(O)B1OC(C)(C)C(C)(C)O1. The third-order valence-corrected chi connectivity index (χ3v) is 2.67. The van der Waals surface area contributed by atoms with Crippen molar-refractivity contribution in [2.75, 3.05) is 0 Å². The van der Waals surface area contributed by atoms with E-state index in [0.717, 1.165) is 0 Å². The summed E-state index contributed by atoms with van der Waals surface area (Å²) in [5.41, 5.74) is -0.677. The van der Waals surface area contributed by atoms with E-state index in [9.17, 15) is 5.11 Å². The minimum absolute atomic E-state index is 0.339. The van der Waals surface area contributed by atoms with Gasteiger partial charge in [0.1, 0.15) is 0 Å². The summed E-state index contributed by atoms with van der Waals surface area (Å²) < 4.78 is 11.1. The molecule has 0 radical (unpaired) electrons. The summed E-state index contributed by atoms with van der Waals surface area (Å²) in [6.45, 7) is 9.54. The van der Waals surface area contributed by atoms with Gasteiger partial charge in [0, 0.05) is 0 Å². The van der Waals surface area contributed by atoms with Gasteiger partial charge in [0.2, 0.25) is 0 Å². The molecule has 0 spiro atoms. The van der Waals surface area contributed by atoms with Gasteiger partial charge in [0.15, 0.2) is 0 Å². The average Bonchev–Trinajstić information content (AvgIpc) is 2.03. The van der Waals surface area contributed by atoms with E-state index in [1.807, 2.05) is 27.7 Å². The summed E-state index contributed by atoms with van der Waals surface area (Å²) in [4.78, 5) is 0. The molecule has 1 atom stereocenters. The first kappa shape index (κ1) is 10.0. The highest BCUT2D eigenvalue weighted by Crippen LogP contribution is 2.37. The van der Waals surface area contributed by atoms with Crippen LogP contribution in [0.4, 0.5) is 0 Å². The molecule has 3 nitrogen and oxygen atoms in total. The molecule has 1 N–H and O–H groups in total. The van der Waals surface area contributed by atoms with E-state index in [4.69, 9.17) is 9.31 Å². The van der Waals surface area contributed by atoms with Crippen LogP contribution >= 0.6 is 0 Å². The minimum Gasteiger partial charge on any atom is -0.402 e. The van der Waals surface area contributed by atoms with Gasteiger partial charge < -0.3 is 14.4 Å². The molecule has 1 aliphatic rings. The van der Waals surface area contributed by atoms with Crippen LogP contribution in [0, 0.1) is 0 Å². The van der Waals surface area contributed by atoms with E-state index >= 15 is 0 Å². The molecule has 0 aromatic rings. The van der Waals surface area contributed by atoms with Crippen LogP contribution in [0.1, 0.15) is 34.6 Å². The van der Waals surface area contributed by atoms with Crippen LogP contribution in [0.3, 0.4) is 0 Å². The number of hydrogen-bond donors (Lipinski definition) is 1. The predicted octanol–water partition coefficient (Wildman–Crippen LogP) is 0.999. The molecule has 0 amide bonds. The maximum atomic E-state index is 9.27. The Kier molecular flexibility index (Phi) is 2.27. The molecular formula is C8H17BO3. The lowest BCUT2D eigenvalue weighted by Crippen LogP contribution is -2.41. The molecular weight excluding hydrogens is 155 g/mol. The molecule has 0 aliphatic carbocycles. The smallest absolute Gasteiger partial charge is 0.402 e. The number of rotatable bonds is 1. The highest BCUT2D eigenvalue weighted by atomic mass is 16.7. The highest BCUT2D eigenvalue weighted by Gasteiger charge is 2.52. The molecule has 70 valence electrons. The molecule has 12 heavy (non-hydrogen) atoms. The standard InChI is InChI=1S/C8H17BO3/c1-6(10)9-11-7(2,3)8(4,5)12-9/h6,10H,1-5H3. The topological polar surface area (TPSA) is 38.7 Å². The maximum Gasteiger partial charge on any atom is 0.488 e. The van der Waals surface area contributed by atoms with Gasteiger partial charge in [0.05, 0.1) is 17.2 Å². The van der Waals surface area contributed by atoms with Gasteiger partial charge in [-0.1, -0.05) is 0 Å². The first-order valence-corrected chi connectivity index (χ1v) is 4.30. The van der Waals surface area contributed by atoms with E-state index in [1.54, 1.807) is 6.92 Å². The van der Waals surface area contributed by atoms with Gasteiger partial charge in [0.25, 0.3) is 0 Å². The second kappa shape index (κ2) is 2.72. The van der Waals surface area contributed by atoms with Crippen molar-refractivity contribution in [3.05, 3.63) is 0 Å². The first-order chi connectivity index (χ1) is 5.26. The average molecular weight is 172 g/mol. The van der Waals surface area contributed by atoms with Crippen molar-refractivity contribution in [3.8, 4) is 0 Å². The van der Waals surface area contributed by atoms with Crippen molar-refractivity contribution < 1.29 is 14.4 Å². The molecule has 1 fully saturated rings. The van der Waals surface area contributed by atoms with E-state index in [1.165, 1.54) is 0 Å². The van der Waals surface area contributed by atoms with Crippen LogP contribution in [0.25, 0.3) is 0 Å². The van der Waals surface area contributed by atoms with Crippen LogP contribution < -0.4 is 0 Å². The number of aliphatic hydroxyl groups is 1. The second-order valence-corrected chi connectivity index (χ2v) is 4.37. The Balaban J connectivity index is 2.74. The lowest BCUT2D eigenvalue weighted by molar-refractivity contribution is 0.00578. The highest BCUT2D eigenvalue weighted by molar-refractivity contribution is 6.46. The lowest BCUT2D eigenvalue weighted by atomic mass is 9.83. The fourth-order valence-electron chi connectivity index (χ4n) is 1.09. The van der Waals surface area contributed by atoms with Crippen molar-refractivity contribution in [2.24, 2.45) is 0 Å². The molecule has 0 aromatic heterocycles. The molecule has 0 saturated carbocycles. The molecule has 1 rings (SSSR count). The van der Waals surface area contributed by atoms with Gasteiger partial charge in [-0.2, -0.15) is 0 Å². The van der Waals surface area contributed by atoms with Gasteiger partial charge in [-0.3, -0.25) is 0 Å². The van der Waals surface area contributed by atoms with Crippen LogP contribution in [0.2, 0.25) is 0 Å². The van der Waals surface area contributed by atoms with Crippen molar-refractivity contribution >= 4 is 7.12 Å². The van der Waals surface area contributed by atoms with Crippen molar-refractivity contribution in [1.82, 2.24) is 0 Å². The minimum atomic E-state index is -0.578. The van der Waals surface area contributed by atoms with Gasteiger partial charge in [-0.15, -0.1) is 0 Å². The summed E-state index contributed by atoms with van der Waals surface area (Å²) >= 11 is 0. The molecule has 1 heterocycles. The van der Waals surface area contributed by atoms with Crippen LogP contribution in [0.5, 0.6) is 0 Å².